The topological polar surface area (TPSA) is 206 Å². The third kappa shape index (κ3) is 5.26. The van der Waals surface area contributed by atoms with Crippen LogP contribution in [0.5, 0.6) is 0 Å². The van der Waals surface area contributed by atoms with Gasteiger partial charge in [-0.25, -0.2) is 4.79 Å². The first kappa shape index (κ1) is 24.9. The molecule has 2 heterocycles. The van der Waals surface area contributed by atoms with Gasteiger partial charge in [0.1, 0.15) is 18.3 Å². The summed E-state index contributed by atoms with van der Waals surface area (Å²) in [4.78, 5) is 23.7. The number of rotatable bonds is 7. The maximum atomic E-state index is 12.2. The maximum Gasteiger partial charge on any atom is 0.336 e. The van der Waals surface area contributed by atoms with E-state index >= 15 is 0 Å². The minimum Gasteiger partial charge on any atom is -0.479 e. The molecule has 2 aliphatic heterocycles. The minimum absolute atomic E-state index is 0.278. The highest BCUT2D eigenvalue weighted by Gasteiger charge is 2.55. The molecule has 2 fully saturated rings. The van der Waals surface area contributed by atoms with Gasteiger partial charge in [0.05, 0.1) is 43.2 Å². The lowest BCUT2D eigenvalue weighted by Crippen LogP contribution is -2.66. The van der Waals surface area contributed by atoms with Crippen molar-refractivity contribution >= 4 is 11.9 Å². The van der Waals surface area contributed by atoms with Gasteiger partial charge < -0.3 is 50.5 Å². The van der Waals surface area contributed by atoms with Crippen molar-refractivity contribution in [2.24, 2.45) is 0 Å². The average Bonchev–Trinajstić information content (AvgIpc) is 2.66. The zero-order chi connectivity index (χ0) is 22.8. The summed E-state index contributed by atoms with van der Waals surface area (Å²) in [5.74, 6) is -1.98. The van der Waals surface area contributed by atoms with Crippen LogP contribution < -0.4 is 5.32 Å². The molecule has 0 aliphatic carbocycles. The minimum atomic E-state index is -2.08. The highest BCUT2D eigenvalue weighted by molar-refractivity contribution is 5.78. The van der Waals surface area contributed by atoms with Crippen molar-refractivity contribution in [1.29, 1.82) is 0 Å². The van der Waals surface area contributed by atoms with Crippen LogP contribution in [-0.2, 0) is 19.1 Å². The van der Waals surface area contributed by atoms with Crippen LogP contribution >= 0.6 is 0 Å². The van der Waals surface area contributed by atoms with E-state index in [-0.39, 0.29) is 6.42 Å². The monoisotopic (exact) mass is 437 g/mol. The van der Waals surface area contributed by atoms with Gasteiger partial charge in [-0.3, -0.25) is 4.79 Å². The molecule has 2 saturated heterocycles. The van der Waals surface area contributed by atoms with Crippen LogP contribution in [0, 0.1) is 0 Å². The number of carboxylic acids is 1. The molecular weight excluding hydrogens is 406 g/mol. The normalized spacial score (nSPS) is 43.1. The third-order valence-electron chi connectivity index (χ3n) is 5.69. The number of hydrogen-bond acceptors (Lipinski definition) is 10. The van der Waals surface area contributed by atoms with Crippen LogP contribution in [0.3, 0.4) is 0 Å². The Labute approximate surface area is 173 Å². The Morgan fingerprint density at radius 3 is 2.30 bits per heavy atom. The Hall–Kier alpha value is -1.38. The SMILES string of the molecule is CC(=O)N[C@@H]1C(O)C[C@](C[C@@H]2OC(C)[C@@H](O)C(O)C2O)(C(=O)O)OC1C[C@H](O)CO. The molecule has 0 aromatic rings. The van der Waals surface area contributed by atoms with Crippen LogP contribution in [0.2, 0.25) is 0 Å². The second-order valence-electron chi connectivity index (χ2n) is 8.08. The molecule has 0 bridgehead atoms. The summed E-state index contributed by atoms with van der Waals surface area (Å²) in [7, 11) is 0. The number of nitrogens with one attached hydrogen (secondary N) is 1. The summed E-state index contributed by atoms with van der Waals surface area (Å²) >= 11 is 0. The number of carbonyl (C=O) groups excluding carboxylic acids is 1. The van der Waals surface area contributed by atoms with E-state index in [1.165, 1.54) is 13.8 Å². The van der Waals surface area contributed by atoms with Gasteiger partial charge in [-0.15, -0.1) is 0 Å². The van der Waals surface area contributed by atoms with Gasteiger partial charge in [-0.1, -0.05) is 0 Å². The molecule has 0 radical (unpaired) electrons. The van der Waals surface area contributed by atoms with Crippen LogP contribution in [0.25, 0.3) is 0 Å². The van der Waals surface area contributed by atoms with Gasteiger partial charge in [0.25, 0.3) is 0 Å². The Balaban J connectivity index is 2.31. The molecule has 0 spiro atoms. The van der Waals surface area contributed by atoms with Gasteiger partial charge in [0.15, 0.2) is 5.60 Å². The number of aliphatic carboxylic acids is 1. The summed E-state index contributed by atoms with van der Waals surface area (Å²) in [6, 6.07) is -1.04. The second kappa shape index (κ2) is 9.83. The number of amides is 1. The van der Waals surface area contributed by atoms with Gasteiger partial charge in [-0.2, -0.15) is 0 Å². The summed E-state index contributed by atoms with van der Waals surface area (Å²) < 4.78 is 11.2. The molecule has 30 heavy (non-hydrogen) atoms. The molecule has 0 aromatic heterocycles. The molecule has 2 rings (SSSR count). The van der Waals surface area contributed by atoms with Gasteiger partial charge in [-0.05, 0) is 6.92 Å². The zero-order valence-electron chi connectivity index (χ0n) is 16.8. The highest BCUT2D eigenvalue weighted by atomic mass is 16.6. The molecule has 1 amide bonds. The average molecular weight is 437 g/mol. The molecule has 12 nitrogen and oxygen atoms in total. The summed E-state index contributed by atoms with van der Waals surface area (Å²) in [5, 5.41) is 72.0. The molecule has 2 aliphatic rings. The number of ether oxygens (including phenoxy) is 2. The fourth-order valence-corrected chi connectivity index (χ4v) is 4.07. The summed E-state index contributed by atoms with van der Waals surface area (Å²) in [6.07, 6.45) is -11.8. The highest BCUT2D eigenvalue weighted by Crippen LogP contribution is 2.38. The van der Waals surface area contributed by atoms with Gasteiger partial charge in [0.2, 0.25) is 5.91 Å². The Kier molecular flexibility index (Phi) is 8.15. The molecule has 174 valence electrons. The van der Waals surface area contributed by atoms with E-state index in [1.54, 1.807) is 0 Å². The maximum absolute atomic E-state index is 12.2. The van der Waals surface area contributed by atoms with Crippen LogP contribution in [0.15, 0.2) is 0 Å². The first-order valence-electron chi connectivity index (χ1n) is 9.76. The lowest BCUT2D eigenvalue weighted by atomic mass is 9.79. The summed E-state index contributed by atoms with van der Waals surface area (Å²) in [5.41, 5.74) is -2.08. The second-order valence-corrected chi connectivity index (χ2v) is 8.08. The van der Waals surface area contributed by atoms with E-state index in [0.29, 0.717) is 0 Å². The van der Waals surface area contributed by atoms with E-state index in [2.05, 4.69) is 5.32 Å². The molecule has 5 unspecified atom stereocenters. The Morgan fingerprint density at radius 2 is 1.77 bits per heavy atom. The van der Waals surface area contributed by atoms with E-state index in [9.17, 15) is 40.2 Å². The van der Waals surface area contributed by atoms with Crippen LogP contribution in [-0.4, -0.2) is 115 Å². The molecular formula is C18H31NO11. The van der Waals surface area contributed by atoms with Crippen molar-refractivity contribution in [2.75, 3.05) is 6.61 Å². The van der Waals surface area contributed by atoms with E-state index in [1.807, 2.05) is 0 Å². The number of hydrogen-bond donors (Lipinski definition) is 8. The number of aliphatic hydroxyl groups excluding tert-OH is 6. The standard InChI is InChI=1S/C18H31NO11/c1-7-14(24)16(26)15(25)12(29-7)5-18(17(27)28)4-10(23)13(19-8(2)21)11(30-18)3-9(22)6-20/h7,9-16,20,22-26H,3-6H2,1-2H3,(H,19,21)(H,27,28)/t7?,9-,10?,11?,12-,13+,14+,15?,16?,18-/m0/s1. The first-order chi connectivity index (χ1) is 13.9. The number of carbonyl (C=O) groups is 2. The van der Waals surface area contributed by atoms with E-state index in [0.717, 1.165) is 0 Å². The zero-order valence-corrected chi connectivity index (χ0v) is 16.8. The predicted molar refractivity (Wildman–Crippen MR) is 98.2 cm³/mol. The quantitative estimate of drug-likeness (QED) is 0.196. The number of aliphatic hydroxyl groups is 6. The van der Waals surface area contributed by atoms with Crippen molar-refractivity contribution in [3.63, 3.8) is 0 Å². The van der Waals surface area contributed by atoms with Crippen LogP contribution in [0.1, 0.15) is 33.1 Å². The number of carboxylic acid groups (broad SMARTS) is 1. The predicted octanol–water partition coefficient (Wildman–Crippen LogP) is -3.53. The fraction of sp³-hybridized carbons (Fsp3) is 0.889. The molecule has 8 N–H and O–H groups in total. The first-order valence-corrected chi connectivity index (χ1v) is 9.76. The van der Waals surface area contributed by atoms with Gasteiger partial charge >= 0.3 is 5.97 Å². The molecule has 12 heteroatoms. The van der Waals surface area contributed by atoms with Crippen molar-refractivity contribution in [2.45, 2.75) is 93.6 Å². The Bertz CT molecular complexity index is 619. The van der Waals surface area contributed by atoms with Crippen molar-refractivity contribution in [3.05, 3.63) is 0 Å². The molecule has 0 aromatic carbocycles. The lowest BCUT2D eigenvalue weighted by Gasteiger charge is -2.48. The van der Waals surface area contributed by atoms with Crippen LogP contribution in [0.4, 0.5) is 0 Å². The third-order valence-corrected chi connectivity index (χ3v) is 5.69. The molecule has 0 saturated carbocycles. The van der Waals surface area contributed by atoms with E-state index < -0.39 is 91.8 Å². The van der Waals surface area contributed by atoms with Crippen molar-refractivity contribution in [1.82, 2.24) is 5.32 Å². The fourth-order valence-electron chi connectivity index (χ4n) is 4.07. The largest absolute Gasteiger partial charge is 0.479 e. The lowest BCUT2D eigenvalue weighted by molar-refractivity contribution is -0.250. The smallest absolute Gasteiger partial charge is 0.336 e. The van der Waals surface area contributed by atoms with E-state index in [4.69, 9.17) is 14.6 Å². The molecule has 10 atom stereocenters. The van der Waals surface area contributed by atoms with Crippen molar-refractivity contribution < 1.29 is 54.8 Å². The Morgan fingerprint density at radius 1 is 1.13 bits per heavy atom. The van der Waals surface area contributed by atoms with Gasteiger partial charge in [0, 0.05) is 26.2 Å². The van der Waals surface area contributed by atoms with Crippen molar-refractivity contribution in [3.8, 4) is 0 Å². The summed E-state index contributed by atoms with van der Waals surface area (Å²) in [6.45, 7) is 2.00.